The van der Waals surface area contributed by atoms with Crippen LogP contribution in [0.15, 0.2) is 66.3 Å². The number of nitrogens with zero attached hydrogens (tertiary/aromatic N) is 2. The molecule has 4 amide bonds. The van der Waals surface area contributed by atoms with Gasteiger partial charge in [-0.3, -0.25) is 25.0 Å². The highest BCUT2D eigenvalue weighted by atomic mass is 19.1. The lowest BCUT2D eigenvalue weighted by atomic mass is 10.1. The van der Waals surface area contributed by atoms with E-state index in [1.807, 2.05) is 5.32 Å². The quantitative estimate of drug-likeness (QED) is 0.379. The molecule has 1 N–H and O–H groups in total. The number of hydrogen-bond donors (Lipinski definition) is 1. The Bertz CT molecular complexity index is 1040. The second kappa shape index (κ2) is 7.62. The Morgan fingerprint density at radius 1 is 1.04 bits per heavy atom. The number of amides is 4. The van der Waals surface area contributed by atoms with Crippen LogP contribution >= 0.6 is 0 Å². The van der Waals surface area contributed by atoms with Crippen molar-refractivity contribution in [2.45, 2.75) is 0 Å². The first kappa shape index (κ1) is 18.6. The largest absolute Gasteiger partial charge is 0.335 e. The number of para-hydroxylation sites is 1. The van der Waals surface area contributed by atoms with E-state index in [1.54, 1.807) is 6.07 Å². The van der Waals surface area contributed by atoms with Crippen molar-refractivity contribution in [3.63, 3.8) is 0 Å². The highest BCUT2D eigenvalue weighted by Crippen LogP contribution is 2.22. The first-order chi connectivity index (χ1) is 13.4. The third-order valence-corrected chi connectivity index (χ3v) is 3.86. The zero-order valence-electron chi connectivity index (χ0n) is 14.2. The van der Waals surface area contributed by atoms with E-state index in [1.165, 1.54) is 42.5 Å². The van der Waals surface area contributed by atoms with E-state index in [-0.39, 0.29) is 22.5 Å². The second-order valence-corrected chi connectivity index (χ2v) is 5.63. The summed E-state index contributed by atoms with van der Waals surface area (Å²) < 4.78 is 13.1. The molecule has 9 heteroatoms. The van der Waals surface area contributed by atoms with E-state index < -0.39 is 28.6 Å². The Morgan fingerprint density at radius 3 is 2.39 bits per heavy atom. The van der Waals surface area contributed by atoms with Gasteiger partial charge in [-0.2, -0.15) is 0 Å². The molecule has 0 radical (unpaired) electrons. The van der Waals surface area contributed by atoms with Crippen molar-refractivity contribution in [3.8, 4) is 0 Å². The Morgan fingerprint density at radius 2 is 1.71 bits per heavy atom. The summed E-state index contributed by atoms with van der Waals surface area (Å²) in [5.41, 5.74) is -0.122. The van der Waals surface area contributed by atoms with Crippen molar-refractivity contribution < 1.29 is 23.7 Å². The molecule has 0 atom stereocenters. The van der Waals surface area contributed by atoms with Gasteiger partial charge in [0.2, 0.25) is 0 Å². The molecule has 140 valence electrons. The summed E-state index contributed by atoms with van der Waals surface area (Å²) >= 11 is 0. The van der Waals surface area contributed by atoms with Gasteiger partial charge in [0, 0.05) is 6.07 Å². The fourth-order valence-corrected chi connectivity index (χ4v) is 2.54. The summed E-state index contributed by atoms with van der Waals surface area (Å²) in [5, 5.41) is 13.0. The molecule has 8 nitrogen and oxygen atoms in total. The Labute approximate surface area is 157 Å². The van der Waals surface area contributed by atoms with Gasteiger partial charge in [-0.1, -0.05) is 18.2 Å². The van der Waals surface area contributed by atoms with E-state index in [9.17, 15) is 28.9 Å². The van der Waals surface area contributed by atoms with Gasteiger partial charge in [-0.05, 0) is 42.5 Å². The molecule has 0 aromatic heterocycles. The van der Waals surface area contributed by atoms with Crippen LogP contribution in [0.5, 0.6) is 0 Å². The third-order valence-electron chi connectivity index (χ3n) is 3.86. The highest BCUT2D eigenvalue weighted by molar-refractivity contribution is 6.37. The van der Waals surface area contributed by atoms with Crippen LogP contribution in [0.3, 0.4) is 0 Å². The number of carbonyl (C=O) groups is 3. The first-order valence-electron chi connectivity index (χ1n) is 7.95. The normalized spacial score (nSPS) is 16.0. The van der Waals surface area contributed by atoms with Crippen LogP contribution in [-0.4, -0.2) is 22.8 Å². The predicted octanol–water partition coefficient (Wildman–Crippen LogP) is 2.96. The minimum absolute atomic E-state index is 0.0879. The summed E-state index contributed by atoms with van der Waals surface area (Å²) in [4.78, 5) is 47.8. The smallest absolute Gasteiger partial charge is 0.273 e. The highest BCUT2D eigenvalue weighted by Gasteiger charge is 2.36. The number of allylic oxidation sites excluding steroid dienone is 2. The minimum atomic E-state index is -0.957. The molecule has 1 heterocycles. The summed E-state index contributed by atoms with van der Waals surface area (Å²) in [6.45, 7) is 0. The number of urea groups is 1. The summed E-state index contributed by atoms with van der Waals surface area (Å²) in [6.07, 6.45) is 3.81. The molecule has 1 aliphatic rings. The topological polar surface area (TPSA) is 110 Å². The van der Waals surface area contributed by atoms with E-state index in [4.69, 9.17) is 0 Å². The SMILES string of the molecule is O=C1NC(=O)N(c2ccc(F)cc2)C(=O)C1=CC=Cc1ccccc1[N+](=O)[O-]. The van der Waals surface area contributed by atoms with Gasteiger partial charge in [0.15, 0.2) is 0 Å². The molecule has 3 rings (SSSR count). The molecule has 28 heavy (non-hydrogen) atoms. The first-order valence-corrected chi connectivity index (χ1v) is 7.95. The number of halogens is 1. The zero-order chi connectivity index (χ0) is 20.3. The van der Waals surface area contributed by atoms with E-state index in [0.717, 1.165) is 18.2 Å². The lowest BCUT2D eigenvalue weighted by Crippen LogP contribution is -2.54. The molecule has 1 aliphatic heterocycles. The molecule has 0 bridgehead atoms. The standard InChI is InChI=1S/C19H12FN3O5/c20-13-8-10-14(11-9-13)22-18(25)15(17(24)21-19(22)26)6-3-5-12-4-1-2-7-16(12)23(27)28/h1-11H,(H,21,24,26). The number of nitrogens with one attached hydrogen (secondary N) is 1. The molecule has 1 saturated heterocycles. The molecule has 2 aromatic carbocycles. The van der Waals surface area contributed by atoms with Crippen LogP contribution in [0, 0.1) is 15.9 Å². The average Bonchev–Trinajstić information content (AvgIpc) is 2.66. The van der Waals surface area contributed by atoms with Crippen molar-refractivity contribution >= 4 is 35.3 Å². The number of anilines is 1. The number of hydrogen-bond acceptors (Lipinski definition) is 5. The Kier molecular flexibility index (Phi) is 5.07. The van der Waals surface area contributed by atoms with Gasteiger partial charge in [0.05, 0.1) is 16.2 Å². The molecule has 0 spiro atoms. The minimum Gasteiger partial charge on any atom is -0.273 e. The number of benzene rings is 2. The van der Waals surface area contributed by atoms with Gasteiger partial charge in [-0.15, -0.1) is 0 Å². The summed E-state index contributed by atoms with van der Waals surface area (Å²) in [5.74, 6) is -2.35. The van der Waals surface area contributed by atoms with Gasteiger partial charge < -0.3 is 0 Å². The number of rotatable bonds is 4. The lowest BCUT2D eigenvalue weighted by Gasteiger charge is -2.26. The maximum absolute atomic E-state index is 13.1. The van der Waals surface area contributed by atoms with Crippen LogP contribution in [0.2, 0.25) is 0 Å². The fraction of sp³-hybridized carbons (Fsp3) is 0. The maximum Gasteiger partial charge on any atom is 0.335 e. The van der Waals surface area contributed by atoms with Gasteiger partial charge in [-0.25, -0.2) is 14.1 Å². The molecule has 2 aromatic rings. The molecule has 0 unspecified atom stereocenters. The number of nitro groups is 1. The lowest BCUT2D eigenvalue weighted by molar-refractivity contribution is -0.385. The fourth-order valence-electron chi connectivity index (χ4n) is 2.54. The van der Waals surface area contributed by atoms with Crippen molar-refractivity contribution in [2.75, 3.05) is 4.90 Å². The maximum atomic E-state index is 13.1. The van der Waals surface area contributed by atoms with Crippen molar-refractivity contribution in [1.82, 2.24) is 5.32 Å². The molecule has 0 aliphatic carbocycles. The molecule has 1 fully saturated rings. The summed E-state index contributed by atoms with van der Waals surface area (Å²) in [6, 6.07) is 9.58. The van der Waals surface area contributed by atoms with E-state index >= 15 is 0 Å². The van der Waals surface area contributed by atoms with Crippen molar-refractivity contribution in [1.29, 1.82) is 0 Å². The number of barbiturate groups is 1. The average molecular weight is 381 g/mol. The number of nitro benzene ring substituents is 1. The monoisotopic (exact) mass is 381 g/mol. The zero-order valence-corrected chi connectivity index (χ0v) is 14.2. The number of carbonyl (C=O) groups excluding carboxylic acids is 3. The van der Waals surface area contributed by atoms with Crippen molar-refractivity contribution in [3.05, 3.63) is 87.8 Å². The van der Waals surface area contributed by atoms with Crippen LogP contribution in [-0.2, 0) is 9.59 Å². The van der Waals surface area contributed by atoms with Crippen LogP contribution in [0.4, 0.5) is 20.6 Å². The van der Waals surface area contributed by atoms with E-state index in [0.29, 0.717) is 4.90 Å². The van der Waals surface area contributed by atoms with Crippen molar-refractivity contribution in [2.24, 2.45) is 0 Å². The Balaban J connectivity index is 1.91. The van der Waals surface area contributed by atoms with Gasteiger partial charge >= 0.3 is 6.03 Å². The predicted molar refractivity (Wildman–Crippen MR) is 97.6 cm³/mol. The second-order valence-electron chi connectivity index (χ2n) is 5.63. The Hall–Kier alpha value is -4.14. The van der Waals surface area contributed by atoms with Gasteiger partial charge in [0.25, 0.3) is 17.5 Å². The van der Waals surface area contributed by atoms with E-state index in [2.05, 4.69) is 0 Å². The molecule has 0 saturated carbocycles. The summed E-state index contributed by atoms with van der Waals surface area (Å²) in [7, 11) is 0. The molecular formula is C19H12FN3O5. The van der Waals surface area contributed by atoms with Crippen LogP contribution in [0.25, 0.3) is 6.08 Å². The van der Waals surface area contributed by atoms with Crippen LogP contribution < -0.4 is 10.2 Å². The van der Waals surface area contributed by atoms with Crippen LogP contribution in [0.1, 0.15) is 5.56 Å². The van der Waals surface area contributed by atoms with Gasteiger partial charge in [0.1, 0.15) is 11.4 Å². The number of imide groups is 2. The third kappa shape index (κ3) is 3.68. The molecular weight excluding hydrogens is 369 g/mol.